The van der Waals surface area contributed by atoms with Crippen molar-refractivity contribution in [3.8, 4) is 6.07 Å². The molecule has 0 fully saturated rings. The lowest BCUT2D eigenvalue weighted by Gasteiger charge is -2.10. The maximum absolute atomic E-state index is 10.9. The fourth-order valence-electron chi connectivity index (χ4n) is 2.42. The Kier molecular flexibility index (Phi) is 9.66. The van der Waals surface area contributed by atoms with Crippen LogP contribution < -0.4 is 10.6 Å². The summed E-state index contributed by atoms with van der Waals surface area (Å²) >= 11 is 0. The fourth-order valence-corrected chi connectivity index (χ4v) is 2.42. The summed E-state index contributed by atoms with van der Waals surface area (Å²) < 4.78 is 0. The van der Waals surface area contributed by atoms with E-state index in [1.54, 1.807) is 18.3 Å². The van der Waals surface area contributed by atoms with Crippen molar-refractivity contribution in [2.24, 2.45) is 4.99 Å². The molecule has 0 bridgehead atoms. The van der Waals surface area contributed by atoms with E-state index in [1.807, 2.05) is 18.4 Å². The van der Waals surface area contributed by atoms with E-state index < -0.39 is 5.78 Å². The van der Waals surface area contributed by atoms with Crippen molar-refractivity contribution in [3.63, 3.8) is 0 Å². The number of rotatable bonds is 11. The Labute approximate surface area is 161 Å². The van der Waals surface area contributed by atoms with Crippen molar-refractivity contribution >= 4 is 18.2 Å². The summed E-state index contributed by atoms with van der Waals surface area (Å²) in [6.45, 7) is 12.1. The zero-order valence-corrected chi connectivity index (χ0v) is 16.0. The summed E-state index contributed by atoms with van der Waals surface area (Å²) in [5.41, 5.74) is 5.24. The molecular weight excluding hydrogens is 336 g/mol. The minimum absolute atomic E-state index is 0.0144. The molecule has 0 saturated carbocycles. The molecule has 27 heavy (non-hydrogen) atoms. The third-order valence-electron chi connectivity index (χ3n) is 3.77. The van der Waals surface area contributed by atoms with Gasteiger partial charge in [0.2, 0.25) is 0 Å². The summed E-state index contributed by atoms with van der Waals surface area (Å²) in [6, 6.07) is 7.84. The van der Waals surface area contributed by atoms with Crippen molar-refractivity contribution in [2.75, 3.05) is 13.1 Å². The van der Waals surface area contributed by atoms with Gasteiger partial charge in [0.05, 0.1) is 12.2 Å². The first-order chi connectivity index (χ1) is 13.0. The van der Waals surface area contributed by atoms with Crippen molar-refractivity contribution in [3.05, 3.63) is 77.7 Å². The fraction of sp³-hybridized carbons (Fsp3) is 0.227. The van der Waals surface area contributed by atoms with E-state index in [4.69, 9.17) is 5.26 Å². The molecule has 0 atom stereocenters. The first-order valence-corrected chi connectivity index (χ1v) is 8.70. The number of aryl methyl sites for hydroxylation is 2. The number of ketones is 1. The highest BCUT2D eigenvalue weighted by Crippen LogP contribution is 2.21. The average molecular weight is 362 g/mol. The number of nitrogens with one attached hydrogen (secondary N) is 2. The van der Waals surface area contributed by atoms with Gasteiger partial charge in [-0.3, -0.25) is 9.79 Å². The Morgan fingerprint density at radius 2 is 2.11 bits per heavy atom. The molecule has 0 aliphatic rings. The number of benzene rings is 1. The number of aliphatic imine (C=N–C) groups is 1. The maximum Gasteiger partial charge on any atom is 0.250 e. The molecule has 0 aliphatic heterocycles. The number of allylic oxidation sites excluding steroid dienone is 2. The van der Waals surface area contributed by atoms with Crippen LogP contribution in [0, 0.1) is 18.3 Å². The van der Waals surface area contributed by atoms with Crippen LogP contribution in [0.15, 0.2) is 66.0 Å². The lowest BCUT2D eigenvalue weighted by Crippen LogP contribution is -2.16. The predicted molar refractivity (Wildman–Crippen MR) is 112 cm³/mol. The van der Waals surface area contributed by atoms with E-state index in [1.165, 1.54) is 11.1 Å². The highest BCUT2D eigenvalue weighted by atomic mass is 16.1. The van der Waals surface area contributed by atoms with E-state index in [0.29, 0.717) is 6.54 Å². The number of carbonyl (C=O) groups is 1. The van der Waals surface area contributed by atoms with Gasteiger partial charge in [-0.05, 0) is 43.5 Å². The Hall–Kier alpha value is -3.39. The van der Waals surface area contributed by atoms with Crippen molar-refractivity contribution in [2.45, 2.75) is 20.3 Å². The SMILES string of the molecule is C=C/C=C(\C=C/NCC(=O)C#N)CN/C=C(\N=C)c1ccc(C)cc1CC. The first kappa shape index (κ1) is 21.7. The number of hydrogen-bond donors (Lipinski definition) is 2. The molecule has 0 amide bonds. The molecule has 5 heteroatoms. The van der Waals surface area contributed by atoms with Crippen LogP contribution in [0.2, 0.25) is 0 Å². The Morgan fingerprint density at radius 3 is 2.74 bits per heavy atom. The number of Topliss-reactive ketones (excluding diaryl/α,β-unsaturated/α-hetero) is 1. The van der Waals surface area contributed by atoms with Gasteiger partial charge in [-0.1, -0.05) is 49.4 Å². The minimum Gasteiger partial charge on any atom is -0.385 e. The Bertz CT molecular complexity index is 810. The zero-order chi connectivity index (χ0) is 20.1. The van der Waals surface area contributed by atoms with Gasteiger partial charge in [-0.15, -0.1) is 0 Å². The summed E-state index contributed by atoms with van der Waals surface area (Å²) in [5.74, 6) is -0.513. The van der Waals surface area contributed by atoms with Crippen LogP contribution in [0.3, 0.4) is 0 Å². The highest BCUT2D eigenvalue weighted by Gasteiger charge is 2.05. The van der Waals surface area contributed by atoms with Crippen LogP contribution in [0.25, 0.3) is 5.70 Å². The number of nitrogens with zero attached hydrogens (tertiary/aromatic N) is 2. The molecule has 2 N–H and O–H groups in total. The normalized spacial score (nSPS) is 11.7. The van der Waals surface area contributed by atoms with Gasteiger partial charge in [0, 0.05) is 18.3 Å². The summed E-state index contributed by atoms with van der Waals surface area (Å²) in [5, 5.41) is 14.5. The van der Waals surface area contributed by atoms with Gasteiger partial charge >= 0.3 is 0 Å². The van der Waals surface area contributed by atoms with Gasteiger partial charge in [0.15, 0.2) is 0 Å². The second kappa shape index (κ2) is 12.0. The monoisotopic (exact) mass is 362 g/mol. The van der Waals surface area contributed by atoms with Gasteiger partial charge < -0.3 is 10.6 Å². The average Bonchev–Trinajstić information content (AvgIpc) is 2.68. The molecular formula is C22H26N4O. The lowest BCUT2D eigenvalue weighted by molar-refractivity contribution is -0.113. The van der Waals surface area contributed by atoms with Gasteiger partial charge in [-0.25, -0.2) is 0 Å². The molecule has 0 saturated heterocycles. The summed E-state index contributed by atoms with van der Waals surface area (Å²) in [4.78, 5) is 15.1. The maximum atomic E-state index is 10.9. The number of hydrogen-bond acceptors (Lipinski definition) is 5. The van der Waals surface area contributed by atoms with Crippen LogP contribution in [0.4, 0.5) is 0 Å². The van der Waals surface area contributed by atoms with E-state index in [-0.39, 0.29) is 6.54 Å². The topological polar surface area (TPSA) is 77.3 Å². The highest BCUT2D eigenvalue weighted by molar-refractivity contribution is 5.94. The van der Waals surface area contributed by atoms with Crippen LogP contribution in [-0.2, 0) is 11.2 Å². The van der Waals surface area contributed by atoms with Crippen LogP contribution in [0.5, 0.6) is 0 Å². The summed E-state index contributed by atoms with van der Waals surface area (Å²) in [7, 11) is 0. The second-order valence-electron chi connectivity index (χ2n) is 5.81. The van der Waals surface area contributed by atoms with E-state index >= 15 is 0 Å². The largest absolute Gasteiger partial charge is 0.385 e. The number of carbonyl (C=O) groups excluding carboxylic acids is 1. The molecule has 1 aromatic carbocycles. The van der Waals surface area contributed by atoms with E-state index in [2.05, 4.69) is 61.0 Å². The molecule has 0 aromatic heterocycles. The quantitative estimate of drug-likeness (QED) is 0.359. The molecule has 0 radical (unpaired) electrons. The van der Waals surface area contributed by atoms with E-state index in [0.717, 1.165) is 23.3 Å². The van der Waals surface area contributed by atoms with E-state index in [9.17, 15) is 4.79 Å². The van der Waals surface area contributed by atoms with Crippen molar-refractivity contribution < 1.29 is 4.79 Å². The molecule has 0 heterocycles. The summed E-state index contributed by atoms with van der Waals surface area (Å²) in [6.07, 6.45) is 9.76. The number of nitriles is 1. The molecule has 0 aliphatic carbocycles. The van der Waals surface area contributed by atoms with Crippen molar-refractivity contribution in [1.82, 2.24) is 10.6 Å². The third kappa shape index (κ3) is 7.57. The van der Waals surface area contributed by atoms with Gasteiger partial charge in [0.25, 0.3) is 5.78 Å². The smallest absolute Gasteiger partial charge is 0.250 e. The standard InChI is InChI=1S/C22H26N4O/c1-5-7-18(10-11-25-15-20(27)13-23)14-26-16-22(24-4)21-9-8-17(3)12-19(21)6-2/h5,7-12,16,25-26H,1,4,6,14-15H2,2-3H3/b11-10-,18-7+,22-16-. The molecule has 0 unspecified atom stereocenters. The molecule has 1 rings (SSSR count). The van der Waals surface area contributed by atoms with Crippen LogP contribution in [0.1, 0.15) is 23.6 Å². The van der Waals surface area contributed by atoms with Crippen LogP contribution >= 0.6 is 0 Å². The first-order valence-electron chi connectivity index (χ1n) is 8.70. The molecule has 140 valence electrons. The van der Waals surface area contributed by atoms with Crippen molar-refractivity contribution in [1.29, 1.82) is 5.26 Å². The molecule has 0 spiro atoms. The second-order valence-corrected chi connectivity index (χ2v) is 5.81. The minimum atomic E-state index is -0.513. The van der Waals surface area contributed by atoms with Crippen LogP contribution in [-0.4, -0.2) is 25.6 Å². The Balaban J connectivity index is 2.80. The van der Waals surface area contributed by atoms with Gasteiger partial charge in [0.1, 0.15) is 6.07 Å². The zero-order valence-electron chi connectivity index (χ0n) is 16.0. The lowest BCUT2D eigenvalue weighted by atomic mass is 10.0. The van der Waals surface area contributed by atoms with Gasteiger partial charge in [-0.2, -0.15) is 5.26 Å². The molecule has 1 aromatic rings. The molecule has 5 nitrogen and oxygen atoms in total. The predicted octanol–water partition coefficient (Wildman–Crippen LogP) is 3.45. The Morgan fingerprint density at radius 1 is 1.33 bits per heavy atom. The third-order valence-corrected chi connectivity index (χ3v) is 3.77.